The fourth-order valence-corrected chi connectivity index (χ4v) is 2.17. The first-order valence-electron chi connectivity index (χ1n) is 6.61. The monoisotopic (exact) mass is 259 g/mol. The van der Waals surface area contributed by atoms with Crippen LogP contribution in [0.2, 0.25) is 0 Å². The average molecular weight is 259 g/mol. The molecule has 0 aliphatic carbocycles. The van der Waals surface area contributed by atoms with E-state index >= 15 is 0 Å². The molecule has 1 unspecified atom stereocenters. The minimum absolute atomic E-state index is 0.442. The number of rotatable bonds is 4. The molecule has 102 valence electrons. The molecule has 0 saturated carbocycles. The molecule has 0 fully saturated rings. The van der Waals surface area contributed by atoms with Crippen LogP contribution < -0.4 is 5.73 Å². The van der Waals surface area contributed by atoms with Crippen LogP contribution in [0.3, 0.4) is 0 Å². The van der Waals surface area contributed by atoms with E-state index in [1.165, 1.54) is 5.56 Å². The Morgan fingerprint density at radius 1 is 1.21 bits per heavy atom. The van der Waals surface area contributed by atoms with Gasteiger partial charge in [-0.2, -0.15) is 0 Å². The fourth-order valence-electron chi connectivity index (χ4n) is 2.17. The van der Waals surface area contributed by atoms with Crippen molar-refractivity contribution in [2.24, 2.45) is 11.7 Å². The molecule has 0 spiro atoms. The fraction of sp³-hybridized carbons (Fsp3) is 0.467. The zero-order valence-electron chi connectivity index (χ0n) is 12.0. The Morgan fingerprint density at radius 3 is 2.32 bits per heavy atom. The number of nitrogens with two attached hydrogens (primary N) is 1. The van der Waals surface area contributed by atoms with E-state index in [0.717, 1.165) is 29.1 Å². The molecule has 0 radical (unpaired) electrons. The van der Waals surface area contributed by atoms with E-state index in [1.807, 2.05) is 26.8 Å². The van der Waals surface area contributed by atoms with Gasteiger partial charge in [0.1, 0.15) is 0 Å². The first-order valence-corrected chi connectivity index (χ1v) is 6.61. The summed E-state index contributed by atoms with van der Waals surface area (Å²) in [5.41, 5.74) is 9.97. The molecule has 0 amide bonds. The van der Waals surface area contributed by atoms with Crippen molar-refractivity contribution < 1.29 is 4.42 Å². The number of nitrogens with zero attached hydrogens (tertiary/aromatic N) is 2. The van der Waals surface area contributed by atoms with Gasteiger partial charge in [0.15, 0.2) is 11.6 Å². The second-order valence-corrected chi connectivity index (χ2v) is 5.17. The maximum absolute atomic E-state index is 5.69. The normalized spacial score (nSPS) is 12.7. The molecular formula is C15H21N3O. The highest BCUT2D eigenvalue weighted by Crippen LogP contribution is 2.24. The minimum atomic E-state index is 0.442. The van der Waals surface area contributed by atoms with Crippen molar-refractivity contribution in [3.05, 3.63) is 34.8 Å². The Morgan fingerprint density at radius 2 is 1.84 bits per heavy atom. The summed E-state index contributed by atoms with van der Waals surface area (Å²) in [5, 5.41) is 0. The lowest BCUT2D eigenvalue weighted by Gasteiger charge is -2.13. The number of furan rings is 1. The summed E-state index contributed by atoms with van der Waals surface area (Å²) in [6.07, 6.45) is 2.59. The highest BCUT2D eigenvalue weighted by Gasteiger charge is 2.15. The molecule has 0 bridgehead atoms. The van der Waals surface area contributed by atoms with Crippen LogP contribution in [-0.2, 0) is 6.42 Å². The van der Waals surface area contributed by atoms with E-state index in [9.17, 15) is 0 Å². The van der Waals surface area contributed by atoms with Crippen molar-refractivity contribution in [3.63, 3.8) is 0 Å². The lowest BCUT2D eigenvalue weighted by atomic mass is 9.99. The summed E-state index contributed by atoms with van der Waals surface area (Å²) in [5.74, 6) is 1.86. The van der Waals surface area contributed by atoms with Gasteiger partial charge in [-0.05, 0) is 56.8 Å². The highest BCUT2D eigenvalue weighted by molar-refractivity contribution is 5.53. The Hall–Kier alpha value is -1.68. The SMILES string of the molecule is Cc1ccoc1-c1nc(C)c(CC(C)CN)c(C)n1. The number of aromatic nitrogens is 2. The Bertz CT molecular complexity index is 552. The molecule has 19 heavy (non-hydrogen) atoms. The van der Waals surface area contributed by atoms with Gasteiger partial charge in [-0.3, -0.25) is 0 Å². The quantitative estimate of drug-likeness (QED) is 0.917. The average Bonchev–Trinajstić information content (AvgIpc) is 2.79. The van der Waals surface area contributed by atoms with Gasteiger partial charge in [0.25, 0.3) is 0 Å². The molecule has 0 aliphatic rings. The maximum atomic E-state index is 5.69. The van der Waals surface area contributed by atoms with Crippen LogP contribution >= 0.6 is 0 Å². The van der Waals surface area contributed by atoms with E-state index < -0.39 is 0 Å². The number of hydrogen-bond donors (Lipinski definition) is 1. The van der Waals surface area contributed by atoms with Gasteiger partial charge in [-0.1, -0.05) is 6.92 Å². The molecule has 2 N–H and O–H groups in total. The molecule has 0 aromatic carbocycles. The van der Waals surface area contributed by atoms with E-state index in [2.05, 4.69) is 16.9 Å². The second kappa shape index (κ2) is 5.53. The van der Waals surface area contributed by atoms with Gasteiger partial charge in [0.05, 0.1) is 6.26 Å². The molecule has 4 nitrogen and oxygen atoms in total. The van der Waals surface area contributed by atoms with Crippen LogP contribution in [0.25, 0.3) is 11.6 Å². The molecule has 4 heteroatoms. The summed E-state index contributed by atoms with van der Waals surface area (Å²) in [6.45, 7) is 8.86. The van der Waals surface area contributed by atoms with Crippen LogP contribution in [-0.4, -0.2) is 16.5 Å². The molecule has 0 aliphatic heterocycles. The van der Waals surface area contributed by atoms with Gasteiger partial charge in [0, 0.05) is 11.4 Å². The highest BCUT2D eigenvalue weighted by atomic mass is 16.3. The summed E-state index contributed by atoms with van der Waals surface area (Å²) >= 11 is 0. The Kier molecular flexibility index (Phi) is 4.00. The summed E-state index contributed by atoms with van der Waals surface area (Å²) in [4.78, 5) is 9.16. The predicted octanol–water partition coefficient (Wildman–Crippen LogP) is 2.80. The molecule has 2 aromatic rings. The second-order valence-electron chi connectivity index (χ2n) is 5.17. The van der Waals surface area contributed by atoms with Gasteiger partial charge in [-0.15, -0.1) is 0 Å². The summed E-state index contributed by atoms with van der Waals surface area (Å²) in [6, 6.07) is 1.92. The van der Waals surface area contributed by atoms with Crippen molar-refractivity contribution in [2.75, 3.05) is 6.54 Å². The first-order chi connectivity index (χ1) is 9.02. The van der Waals surface area contributed by atoms with Crippen molar-refractivity contribution in [1.29, 1.82) is 0 Å². The van der Waals surface area contributed by atoms with Crippen LogP contribution in [0.4, 0.5) is 0 Å². The van der Waals surface area contributed by atoms with E-state index in [0.29, 0.717) is 18.3 Å². The zero-order valence-corrected chi connectivity index (χ0v) is 12.0. The van der Waals surface area contributed by atoms with E-state index in [-0.39, 0.29) is 0 Å². The third-order valence-electron chi connectivity index (χ3n) is 3.44. The minimum Gasteiger partial charge on any atom is -0.461 e. The van der Waals surface area contributed by atoms with E-state index in [4.69, 9.17) is 10.2 Å². The topological polar surface area (TPSA) is 64.9 Å². The van der Waals surface area contributed by atoms with Gasteiger partial charge in [0.2, 0.25) is 0 Å². The van der Waals surface area contributed by atoms with Crippen molar-refractivity contribution in [1.82, 2.24) is 9.97 Å². The zero-order chi connectivity index (χ0) is 14.0. The van der Waals surface area contributed by atoms with Gasteiger partial charge >= 0.3 is 0 Å². The smallest absolute Gasteiger partial charge is 0.196 e. The lowest BCUT2D eigenvalue weighted by Crippen LogP contribution is -2.15. The molecule has 2 rings (SSSR count). The third kappa shape index (κ3) is 2.84. The third-order valence-corrected chi connectivity index (χ3v) is 3.44. The van der Waals surface area contributed by atoms with Crippen LogP contribution in [0.5, 0.6) is 0 Å². The Labute approximate surface area is 114 Å². The largest absolute Gasteiger partial charge is 0.461 e. The van der Waals surface area contributed by atoms with Crippen molar-refractivity contribution in [3.8, 4) is 11.6 Å². The summed E-state index contributed by atoms with van der Waals surface area (Å²) < 4.78 is 5.46. The molecule has 2 heterocycles. The van der Waals surface area contributed by atoms with Crippen molar-refractivity contribution in [2.45, 2.75) is 34.1 Å². The first kappa shape index (κ1) is 13.7. The van der Waals surface area contributed by atoms with Crippen LogP contribution in [0, 0.1) is 26.7 Å². The molecule has 0 saturated heterocycles. The number of aryl methyl sites for hydroxylation is 3. The van der Waals surface area contributed by atoms with Crippen molar-refractivity contribution >= 4 is 0 Å². The standard InChI is InChI=1S/C15H21N3O/c1-9(8-16)7-13-11(3)17-15(18-12(13)4)14-10(2)5-6-19-14/h5-6,9H,7-8,16H2,1-4H3. The molecule has 2 aromatic heterocycles. The van der Waals surface area contributed by atoms with Crippen LogP contribution in [0.15, 0.2) is 16.7 Å². The van der Waals surface area contributed by atoms with Gasteiger partial charge in [-0.25, -0.2) is 9.97 Å². The van der Waals surface area contributed by atoms with Gasteiger partial charge < -0.3 is 10.2 Å². The Balaban J connectivity index is 2.40. The van der Waals surface area contributed by atoms with Crippen LogP contribution in [0.1, 0.15) is 29.4 Å². The van der Waals surface area contributed by atoms with E-state index in [1.54, 1.807) is 6.26 Å². The maximum Gasteiger partial charge on any atom is 0.196 e. The number of hydrogen-bond acceptors (Lipinski definition) is 4. The predicted molar refractivity (Wildman–Crippen MR) is 75.9 cm³/mol. The lowest BCUT2D eigenvalue weighted by molar-refractivity contribution is 0.571. The molecule has 1 atom stereocenters. The summed E-state index contributed by atoms with van der Waals surface area (Å²) in [7, 11) is 0. The molecular weight excluding hydrogens is 238 g/mol.